The Labute approximate surface area is 118 Å². The monoisotopic (exact) mass is 324 g/mol. The molecule has 0 radical (unpaired) electrons. The Bertz CT molecular complexity index is 598. The smallest absolute Gasteiger partial charge is 0.180 e. The summed E-state index contributed by atoms with van der Waals surface area (Å²) in [5.74, 6) is 0. The maximum atomic E-state index is 10.8. The summed E-state index contributed by atoms with van der Waals surface area (Å²) < 4.78 is 1.09. The zero-order valence-corrected chi connectivity index (χ0v) is 12.1. The van der Waals surface area contributed by atoms with Crippen LogP contribution in [-0.2, 0) is 18.4 Å². The van der Waals surface area contributed by atoms with E-state index in [0.29, 0.717) is 11.6 Å². The van der Waals surface area contributed by atoms with Crippen LogP contribution in [-0.4, -0.2) is 10.1 Å². The van der Waals surface area contributed by atoms with Crippen LogP contribution in [0.2, 0.25) is 0 Å². The third kappa shape index (κ3) is 2.06. The number of thiazole rings is 1. The summed E-state index contributed by atoms with van der Waals surface area (Å²) in [6, 6.07) is 6.23. The number of rotatable bonds is 1. The molecule has 94 valence electrons. The Morgan fingerprint density at radius 2 is 2.22 bits per heavy atom. The molecule has 5 heteroatoms. The molecule has 1 aliphatic rings. The van der Waals surface area contributed by atoms with E-state index in [-0.39, 0.29) is 0 Å². The molecule has 0 bridgehead atoms. The van der Waals surface area contributed by atoms with Crippen LogP contribution in [0.4, 0.5) is 5.13 Å². The summed E-state index contributed by atoms with van der Waals surface area (Å²) in [5.41, 5.74) is 7.36. The fraction of sp³-hybridized carbons (Fsp3) is 0.308. The van der Waals surface area contributed by atoms with Gasteiger partial charge >= 0.3 is 0 Å². The molecule has 0 spiro atoms. The number of nitrogens with zero attached hydrogens (tertiary/aromatic N) is 1. The van der Waals surface area contributed by atoms with Gasteiger partial charge in [-0.2, -0.15) is 0 Å². The van der Waals surface area contributed by atoms with Crippen LogP contribution in [0.1, 0.15) is 22.4 Å². The van der Waals surface area contributed by atoms with Crippen molar-refractivity contribution in [2.45, 2.75) is 24.9 Å². The first-order valence-electron chi connectivity index (χ1n) is 5.78. The standard InChI is InChI=1S/C13H13BrN2OS/c14-10-2-1-9-6-13(17,4-3-8(9)5-10)11-7-16-12(15)18-11/h1-2,5,7,17H,3-4,6H2,(H2,15,16). The number of nitrogen functional groups attached to an aromatic ring is 1. The van der Waals surface area contributed by atoms with Gasteiger partial charge in [-0.15, -0.1) is 0 Å². The SMILES string of the molecule is Nc1ncc(C2(O)CCc3cc(Br)ccc3C2)s1. The molecule has 18 heavy (non-hydrogen) atoms. The van der Waals surface area contributed by atoms with Crippen LogP contribution in [0, 0.1) is 0 Å². The van der Waals surface area contributed by atoms with Gasteiger partial charge in [0.15, 0.2) is 5.13 Å². The molecule has 0 saturated heterocycles. The highest BCUT2D eigenvalue weighted by molar-refractivity contribution is 9.10. The van der Waals surface area contributed by atoms with Gasteiger partial charge in [-0.3, -0.25) is 0 Å². The average Bonchev–Trinajstić information content (AvgIpc) is 2.77. The fourth-order valence-corrected chi connectivity index (χ4v) is 3.67. The van der Waals surface area contributed by atoms with Crippen LogP contribution in [0.3, 0.4) is 0 Å². The van der Waals surface area contributed by atoms with Gasteiger partial charge in [0.2, 0.25) is 0 Å². The summed E-state index contributed by atoms with van der Waals surface area (Å²) in [4.78, 5) is 4.90. The average molecular weight is 325 g/mol. The van der Waals surface area contributed by atoms with Crippen LogP contribution in [0.15, 0.2) is 28.9 Å². The van der Waals surface area contributed by atoms with Gasteiger partial charge in [-0.1, -0.05) is 33.3 Å². The number of benzene rings is 1. The van der Waals surface area contributed by atoms with E-state index in [0.717, 1.165) is 22.2 Å². The Balaban J connectivity index is 1.96. The number of aromatic nitrogens is 1. The molecule has 0 fully saturated rings. The Morgan fingerprint density at radius 1 is 1.39 bits per heavy atom. The quantitative estimate of drug-likeness (QED) is 0.848. The van der Waals surface area contributed by atoms with Gasteiger partial charge in [0.25, 0.3) is 0 Å². The highest BCUT2D eigenvalue weighted by atomic mass is 79.9. The minimum atomic E-state index is -0.809. The van der Waals surface area contributed by atoms with E-state index in [1.54, 1.807) is 6.20 Å². The van der Waals surface area contributed by atoms with Crippen molar-refractivity contribution < 1.29 is 5.11 Å². The zero-order chi connectivity index (χ0) is 12.8. The third-order valence-corrected chi connectivity index (χ3v) is 4.95. The number of nitrogens with two attached hydrogens (primary N) is 1. The number of fused-ring (bicyclic) bond motifs is 1. The number of anilines is 1. The molecule has 3 rings (SSSR count). The predicted octanol–water partition coefficient (Wildman–Crippen LogP) is 2.86. The number of hydrogen-bond acceptors (Lipinski definition) is 4. The Morgan fingerprint density at radius 3 is 2.94 bits per heavy atom. The van der Waals surface area contributed by atoms with E-state index in [9.17, 15) is 5.11 Å². The van der Waals surface area contributed by atoms with Crippen molar-refractivity contribution in [3.05, 3.63) is 44.9 Å². The lowest BCUT2D eigenvalue weighted by atomic mass is 9.80. The molecular formula is C13H13BrN2OS. The highest BCUT2D eigenvalue weighted by Crippen LogP contribution is 2.39. The minimum Gasteiger partial charge on any atom is -0.384 e. The molecule has 1 heterocycles. The molecule has 0 aliphatic heterocycles. The molecule has 2 aromatic rings. The molecule has 1 unspecified atom stereocenters. The molecule has 0 saturated carbocycles. The largest absolute Gasteiger partial charge is 0.384 e. The first kappa shape index (κ1) is 12.1. The highest BCUT2D eigenvalue weighted by Gasteiger charge is 2.35. The molecule has 1 aromatic heterocycles. The van der Waals surface area contributed by atoms with Crippen molar-refractivity contribution in [1.82, 2.24) is 4.98 Å². The lowest BCUT2D eigenvalue weighted by Crippen LogP contribution is -2.32. The summed E-state index contributed by atoms with van der Waals surface area (Å²) in [7, 11) is 0. The second-order valence-corrected chi connectivity index (χ2v) is 6.66. The molecule has 1 aromatic carbocycles. The van der Waals surface area contributed by atoms with E-state index >= 15 is 0 Å². The van der Waals surface area contributed by atoms with Gasteiger partial charge in [-0.25, -0.2) is 4.98 Å². The maximum absolute atomic E-state index is 10.8. The molecule has 1 aliphatic carbocycles. The second-order valence-electron chi connectivity index (χ2n) is 4.68. The van der Waals surface area contributed by atoms with Crippen molar-refractivity contribution >= 4 is 32.4 Å². The van der Waals surface area contributed by atoms with Crippen molar-refractivity contribution in [3.63, 3.8) is 0 Å². The number of aliphatic hydroxyl groups is 1. The minimum absolute atomic E-state index is 0.514. The predicted molar refractivity (Wildman–Crippen MR) is 76.6 cm³/mol. The van der Waals surface area contributed by atoms with Crippen molar-refractivity contribution in [2.24, 2.45) is 0 Å². The second kappa shape index (κ2) is 4.33. The third-order valence-electron chi connectivity index (χ3n) is 3.44. The number of halogens is 1. The van der Waals surface area contributed by atoms with Gasteiger partial charge in [0.05, 0.1) is 4.88 Å². The summed E-state index contributed by atoms with van der Waals surface area (Å²) >= 11 is 4.86. The lowest BCUT2D eigenvalue weighted by Gasteiger charge is -2.32. The summed E-state index contributed by atoms with van der Waals surface area (Å²) in [5, 5.41) is 11.3. The maximum Gasteiger partial charge on any atom is 0.180 e. The summed E-state index contributed by atoms with van der Waals surface area (Å²) in [6.45, 7) is 0. The van der Waals surface area contributed by atoms with E-state index in [2.05, 4.69) is 33.0 Å². The van der Waals surface area contributed by atoms with Crippen molar-refractivity contribution in [2.75, 3.05) is 5.73 Å². The molecule has 3 nitrogen and oxygen atoms in total. The van der Waals surface area contributed by atoms with E-state index in [1.807, 2.05) is 6.07 Å². The first-order valence-corrected chi connectivity index (χ1v) is 7.39. The zero-order valence-electron chi connectivity index (χ0n) is 9.69. The van der Waals surface area contributed by atoms with E-state index in [4.69, 9.17) is 5.73 Å². The molecule has 3 N–H and O–H groups in total. The lowest BCUT2D eigenvalue weighted by molar-refractivity contribution is 0.0257. The van der Waals surface area contributed by atoms with Crippen LogP contribution in [0.5, 0.6) is 0 Å². The molecule has 0 amide bonds. The van der Waals surface area contributed by atoms with Gasteiger partial charge in [0.1, 0.15) is 5.60 Å². The molecular weight excluding hydrogens is 312 g/mol. The van der Waals surface area contributed by atoms with E-state index in [1.165, 1.54) is 22.5 Å². The van der Waals surface area contributed by atoms with E-state index < -0.39 is 5.60 Å². The Hall–Kier alpha value is -0.910. The first-order chi connectivity index (χ1) is 8.57. The van der Waals surface area contributed by atoms with Gasteiger partial charge in [0, 0.05) is 17.1 Å². The van der Waals surface area contributed by atoms with Crippen LogP contribution in [0.25, 0.3) is 0 Å². The molecule has 1 atom stereocenters. The normalized spacial score (nSPS) is 22.8. The van der Waals surface area contributed by atoms with Crippen LogP contribution < -0.4 is 5.73 Å². The van der Waals surface area contributed by atoms with Crippen molar-refractivity contribution in [3.8, 4) is 0 Å². The fourth-order valence-electron chi connectivity index (χ4n) is 2.46. The van der Waals surface area contributed by atoms with Gasteiger partial charge in [-0.05, 0) is 36.1 Å². The number of aryl methyl sites for hydroxylation is 1. The number of hydrogen-bond donors (Lipinski definition) is 2. The van der Waals surface area contributed by atoms with Gasteiger partial charge < -0.3 is 10.8 Å². The Kier molecular flexibility index (Phi) is 2.92. The van der Waals surface area contributed by atoms with Crippen molar-refractivity contribution in [1.29, 1.82) is 0 Å². The topological polar surface area (TPSA) is 59.1 Å². The van der Waals surface area contributed by atoms with Crippen LogP contribution >= 0.6 is 27.3 Å². The summed E-state index contributed by atoms with van der Waals surface area (Å²) in [6.07, 6.45) is 3.93.